The molecule has 0 aromatic rings. The molecule has 0 atom stereocenters. The number of carbonyl (C=O) groups is 1. The van der Waals surface area contributed by atoms with E-state index in [9.17, 15) is 18.0 Å². The molecule has 0 radical (unpaired) electrons. The number of halogens is 3. The van der Waals surface area contributed by atoms with Crippen LogP contribution < -0.4 is 10.0 Å². The van der Waals surface area contributed by atoms with Crippen molar-refractivity contribution in [2.24, 2.45) is 0 Å². The lowest BCUT2D eigenvalue weighted by Crippen LogP contribution is -2.40. The molecule has 0 aromatic heterocycles. The van der Waals surface area contributed by atoms with Crippen molar-refractivity contribution in [1.82, 2.24) is 10.0 Å². The molecule has 0 bridgehead atoms. The number of rotatable bonds is 0. The van der Waals surface area contributed by atoms with E-state index in [1.165, 1.54) is 4.72 Å². The molecule has 0 saturated heterocycles. The van der Waals surface area contributed by atoms with Crippen LogP contribution in [0, 0.1) is 0 Å². The fourth-order valence-corrected chi connectivity index (χ4v) is 0.213. The molecule has 3 nitrogen and oxygen atoms in total. The van der Waals surface area contributed by atoms with Gasteiger partial charge >= 0.3 is 12.3 Å². The molecular weight excluding hydrogens is 157 g/mol. The van der Waals surface area contributed by atoms with Crippen LogP contribution in [0.25, 0.3) is 0 Å². The molecule has 0 unspecified atom stereocenters. The fraction of sp³-hybridized carbons (Fsp3) is 0.500. The van der Waals surface area contributed by atoms with E-state index < -0.39 is 12.3 Å². The molecule has 9 heavy (non-hydrogen) atoms. The van der Waals surface area contributed by atoms with Gasteiger partial charge in [-0.2, -0.15) is 13.2 Å². The van der Waals surface area contributed by atoms with E-state index in [2.05, 4.69) is 12.8 Å². The second-order valence-electron chi connectivity index (χ2n) is 1.06. The predicted molar refractivity (Wildman–Crippen MR) is 26.7 cm³/mol. The lowest BCUT2D eigenvalue weighted by Gasteiger charge is -2.05. The van der Waals surface area contributed by atoms with Crippen LogP contribution in [0.3, 0.4) is 0 Å². The maximum absolute atomic E-state index is 11.1. The van der Waals surface area contributed by atoms with E-state index in [1.54, 1.807) is 0 Å². The summed E-state index contributed by atoms with van der Waals surface area (Å²) < 4.78 is 34.7. The second kappa shape index (κ2) is 2.81. The lowest BCUT2D eigenvalue weighted by molar-refractivity contribution is -0.145. The maximum Gasteiger partial charge on any atom is 0.485 e. The zero-order valence-electron chi connectivity index (χ0n) is 3.99. The van der Waals surface area contributed by atoms with Crippen molar-refractivity contribution in [1.29, 1.82) is 0 Å². The van der Waals surface area contributed by atoms with Crippen LogP contribution in [0.15, 0.2) is 0 Å². The van der Waals surface area contributed by atoms with Gasteiger partial charge < -0.3 is 0 Å². The van der Waals surface area contributed by atoms with Crippen molar-refractivity contribution in [3.63, 3.8) is 0 Å². The number of alkyl halides is 3. The normalized spacial score (nSPS) is 10.7. The maximum atomic E-state index is 11.1. The van der Waals surface area contributed by atoms with Crippen LogP contribution in [-0.4, -0.2) is 12.3 Å². The van der Waals surface area contributed by atoms with Gasteiger partial charge in [-0.15, -0.1) is 0 Å². The summed E-state index contributed by atoms with van der Waals surface area (Å²) in [6, 6.07) is -1.40. The smallest absolute Gasteiger partial charge is 0.284 e. The minimum absolute atomic E-state index is 0.642. The summed E-state index contributed by atoms with van der Waals surface area (Å²) in [4.78, 5) is 9.81. The third-order valence-corrected chi connectivity index (χ3v) is 0.560. The molecule has 0 spiro atoms. The minimum Gasteiger partial charge on any atom is -0.284 e. The fourth-order valence-electron chi connectivity index (χ4n) is 0.157. The summed E-state index contributed by atoms with van der Waals surface area (Å²) in [6.07, 6.45) is -4.69. The van der Waals surface area contributed by atoms with Gasteiger partial charge in [-0.1, -0.05) is 12.8 Å². The highest BCUT2D eigenvalue weighted by molar-refractivity contribution is 7.78. The average molecular weight is 160 g/mol. The summed E-state index contributed by atoms with van der Waals surface area (Å²) in [5.41, 5.74) is 0. The van der Waals surface area contributed by atoms with Crippen molar-refractivity contribution < 1.29 is 18.0 Å². The molecule has 0 aliphatic carbocycles. The van der Waals surface area contributed by atoms with E-state index in [0.29, 0.717) is 5.32 Å². The minimum atomic E-state index is -4.69. The Bertz CT molecular complexity index is 113. The van der Waals surface area contributed by atoms with Gasteiger partial charge in [0.25, 0.3) is 0 Å². The molecule has 0 aliphatic rings. The number of nitrogens with one attached hydrogen (secondary N) is 2. The highest BCUT2D eigenvalue weighted by atomic mass is 32.1. The van der Waals surface area contributed by atoms with Gasteiger partial charge in [-0.3, -0.25) is 4.72 Å². The van der Waals surface area contributed by atoms with Crippen LogP contribution in [0.2, 0.25) is 0 Å². The van der Waals surface area contributed by atoms with Crippen LogP contribution in [0.4, 0.5) is 18.0 Å². The molecular formula is C2H3F3N2OS. The molecule has 0 fully saturated rings. The van der Waals surface area contributed by atoms with Crippen LogP contribution in [-0.2, 0) is 0 Å². The standard InChI is InChI=1S/C2H3F3N2OS/c3-2(4,5)6-1(8)7-9/h9H,(H2,6,7,8). The first-order chi connectivity index (χ1) is 3.95. The van der Waals surface area contributed by atoms with Gasteiger partial charge in [0.05, 0.1) is 0 Å². The van der Waals surface area contributed by atoms with Gasteiger partial charge in [0, 0.05) is 0 Å². The largest absolute Gasteiger partial charge is 0.485 e. The third kappa shape index (κ3) is 5.28. The Morgan fingerprint density at radius 1 is 1.44 bits per heavy atom. The van der Waals surface area contributed by atoms with Gasteiger partial charge in [0.1, 0.15) is 0 Å². The molecule has 0 rings (SSSR count). The monoisotopic (exact) mass is 160 g/mol. The van der Waals surface area contributed by atoms with E-state index in [-0.39, 0.29) is 0 Å². The Balaban J connectivity index is 3.60. The number of urea groups is 1. The first-order valence-electron chi connectivity index (χ1n) is 1.74. The van der Waals surface area contributed by atoms with Gasteiger partial charge in [-0.05, 0) is 0 Å². The topological polar surface area (TPSA) is 41.1 Å². The van der Waals surface area contributed by atoms with E-state index in [1.807, 2.05) is 0 Å². The highest BCUT2D eigenvalue weighted by Crippen LogP contribution is 2.08. The first-order valence-corrected chi connectivity index (χ1v) is 2.19. The van der Waals surface area contributed by atoms with Gasteiger partial charge in [-0.25, -0.2) is 10.1 Å². The number of hydrogen-bond donors (Lipinski definition) is 3. The Hall–Kier alpha value is -0.590. The molecule has 0 aromatic carbocycles. The van der Waals surface area contributed by atoms with Crippen molar-refractivity contribution in [2.45, 2.75) is 6.30 Å². The summed E-state index contributed by atoms with van der Waals surface area (Å²) in [5.74, 6) is 0. The van der Waals surface area contributed by atoms with E-state index >= 15 is 0 Å². The van der Waals surface area contributed by atoms with Crippen molar-refractivity contribution >= 4 is 18.8 Å². The molecule has 0 aliphatic heterocycles. The SMILES string of the molecule is O=C(NS)NC(F)(F)F. The summed E-state index contributed by atoms with van der Waals surface area (Å²) in [7, 11) is 0. The first kappa shape index (κ1) is 8.41. The average Bonchev–Trinajstić information content (AvgIpc) is 1.62. The Morgan fingerprint density at radius 2 is 1.89 bits per heavy atom. The summed E-state index contributed by atoms with van der Waals surface area (Å²) in [5, 5.41) is 0.642. The molecule has 2 amide bonds. The zero-order chi connectivity index (χ0) is 7.49. The molecule has 0 saturated carbocycles. The van der Waals surface area contributed by atoms with Crippen LogP contribution in [0.5, 0.6) is 0 Å². The number of amides is 2. The van der Waals surface area contributed by atoms with Gasteiger partial charge in [0.2, 0.25) is 0 Å². The molecule has 2 N–H and O–H groups in total. The number of hydrogen-bond acceptors (Lipinski definition) is 2. The van der Waals surface area contributed by atoms with Crippen LogP contribution >= 0.6 is 12.8 Å². The lowest BCUT2D eigenvalue weighted by atomic mass is 11.0. The number of carbonyl (C=O) groups excluding carboxylic acids is 1. The predicted octanol–water partition coefficient (Wildman–Crippen LogP) is 0.650. The summed E-state index contributed by atoms with van der Waals surface area (Å²) >= 11 is 3.07. The summed E-state index contributed by atoms with van der Waals surface area (Å²) in [6.45, 7) is 0. The van der Waals surface area contributed by atoms with E-state index in [0.717, 1.165) is 0 Å². The quantitative estimate of drug-likeness (QED) is 0.353. The Labute approximate surface area is 54.2 Å². The number of thiol groups is 1. The van der Waals surface area contributed by atoms with Crippen molar-refractivity contribution in [2.75, 3.05) is 0 Å². The molecule has 0 heterocycles. The van der Waals surface area contributed by atoms with Crippen molar-refractivity contribution in [3.8, 4) is 0 Å². The second-order valence-corrected chi connectivity index (χ2v) is 1.29. The zero-order valence-corrected chi connectivity index (χ0v) is 4.88. The Kier molecular flexibility index (Phi) is 2.63. The molecule has 54 valence electrons. The van der Waals surface area contributed by atoms with Gasteiger partial charge in [0.15, 0.2) is 0 Å². The third-order valence-electron chi connectivity index (χ3n) is 0.357. The highest BCUT2D eigenvalue weighted by Gasteiger charge is 2.29. The Morgan fingerprint density at radius 3 is 2.00 bits per heavy atom. The van der Waals surface area contributed by atoms with Crippen molar-refractivity contribution in [3.05, 3.63) is 0 Å². The van der Waals surface area contributed by atoms with Crippen LogP contribution in [0.1, 0.15) is 0 Å². The molecule has 7 heteroatoms. The van der Waals surface area contributed by atoms with E-state index in [4.69, 9.17) is 0 Å².